The van der Waals surface area contributed by atoms with Crippen LogP contribution in [0.5, 0.6) is 17.2 Å². The summed E-state index contributed by atoms with van der Waals surface area (Å²) in [6.07, 6.45) is -0.698. The van der Waals surface area contributed by atoms with Crippen LogP contribution in [0.25, 0.3) is 0 Å². The molecular weight excluding hydrogens is 434 g/mol. The maximum atomic E-state index is 13.2. The summed E-state index contributed by atoms with van der Waals surface area (Å²) in [6.45, 7) is 4.56. The number of carbonyl (C=O) groups excluding carboxylic acids is 2. The van der Waals surface area contributed by atoms with Crippen molar-refractivity contribution >= 4 is 17.6 Å². The van der Waals surface area contributed by atoms with Gasteiger partial charge in [-0.1, -0.05) is 12.1 Å². The summed E-state index contributed by atoms with van der Waals surface area (Å²) in [5.74, 6) is 1.48. The number of nitrogens with zero attached hydrogens (tertiary/aromatic N) is 1. The first-order valence-corrected chi connectivity index (χ1v) is 11.2. The van der Waals surface area contributed by atoms with E-state index in [1.54, 1.807) is 67.5 Å². The van der Waals surface area contributed by atoms with E-state index in [9.17, 15) is 9.59 Å². The van der Waals surface area contributed by atoms with Gasteiger partial charge in [0.25, 0.3) is 5.91 Å². The second-order valence-corrected chi connectivity index (χ2v) is 7.64. The van der Waals surface area contributed by atoms with Crippen LogP contribution in [0.3, 0.4) is 0 Å². The molecule has 1 aliphatic rings. The Labute approximate surface area is 198 Å². The highest BCUT2D eigenvalue weighted by Crippen LogP contribution is 2.42. The minimum atomic E-state index is -0.698. The first-order valence-electron chi connectivity index (χ1n) is 11.2. The molecule has 1 heterocycles. The quantitative estimate of drug-likeness (QED) is 0.336. The van der Waals surface area contributed by atoms with Gasteiger partial charge in [-0.3, -0.25) is 9.69 Å². The lowest BCUT2D eigenvalue weighted by atomic mass is 9.89. The number of β-lactam (4-membered cyclic amide) rings is 1. The Morgan fingerprint density at radius 1 is 0.824 bits per heavy atom. The maximum Gasteiger partial charge on any atom is 0.338 e. The third kappa shape index (κ3) is 4.69. The molecule has 0 bridgehead atoms. The summed E-state index contributed by atoms with van der Waals surface area (Å²) in [4.78, 5) is 26.9. The fourth-order valence-corrected chi connectivity index (χ4v) is 3.89. The van der Waals surface area contributed by atoms with Gasteiger partial charge in [0.2, 0.25) is 6.10 Å². The minimum Gasteiger partial charge on any atom is -0.497 e. The van der Waals surface area contributed by atoms with Gasteiger partial charge in [0.15, 0.2) is 0 Å². The van der Waals surface area contributed by atoms with E-state index >= 15 is 0 Å². The zero-order valence-electron chi connectivity index (χ0n) is 19.4. The topological polar surface area (TPSA) is 74.3 Å². The molecule has 1 saturated heterocycles. The minimum absolute atomic E-state index is 0.168. The number of carbonyl (C=O) groups is 2. The van der Waals surface area contributed by atoms with Crippen molar-refractivity contribution in [1.29, 1.82) is 0 Å². The molecule has 3 aromatic rings. The van der Waals surface area contributed by atoms with Crippen LogP contribution in [0, 0.1) is 0 Å². The van der Waals surface area contributed by atoms with E-state index in [0.29, 0.717) is 36.0 Å². The highest BCUT2D eigenvalue weighted by Gasteiger charge is 2.51. The molecule has 0 radical (unpaired) electrons. The van der Waals surface area contributed by atoms with Gasteiger partial charge in [-0.25, -0.2) is 4.79 Å². The average Bonchev–Trinajstić information content (AvgIpc) is 2.87. The van der Waals surface area contributed by atoms with Crippen LogP contribution in [-0.4, -0.2) is 38.3 Å². The Balaban J connectivity index is 1.62. The molecule has 176 valence electrons. The highest BCUT2D eigenvalue weighted by atomic mass is 16.5. The summed E-state index contributed by atoms with van der Waals surface area (Å²) in [7, 11) is 1.60. The van der Waals surface area contributed by atoms with Gasteiger partial charge in [0, 0.05) is 5.69 Å². The van der Waals surface area contributed by atoms with Gasteiger partial charge in [-0.2, -0.15) is 0 Å². The Morgan fingerprint density at radius 2 is 1.44 bits per heavy atom. The van der Waals surface area contributed by atoms with Crippen molar-refractivity contribution in [2.75, 3.05) is 25.2 Å². The van der Waals surface area contributed by atoms with E-state index in [-0.39, 0.29) is 11.9 Å². The summed E-state index contributed by atoms with van der Waals surface area (Å²) in [5, 5.41) is 0. The van der Waals surface area contributed by atoms with Crippen molar-refractivity contribution < 1.29 is 28.5 Å². The fraction of sp³-hybridized carbons (Fsp3) is 0.259. The van der Waals surface area contributed by atoms with Crippen molar-refractivity contribution in [2.45, 2.75) is 26.0 Å². The molecule has 0 unspecified atom stereocenters. The van der Waals surface area contributed by atoms with Crippen LogP contribution in [0.2, 0.25) is 0 Å². The predicted molar refractivity (Wildman–Crippen MR) is 128 cm³/mol. The number of hydrogen-bond donors (Lipinski definition) is 0. The van der Waals surface area contributed by atoms with Crippen molar-refractivity contribution in [2.24, 2.45) is 0 Å². The van der Waals surface area contributed by atoms with Crippen molar-refractivity contribution in [3.8, 4) is 17.2 Å². The number of rotatable bonds is 9. The van der Waals surface area contributed by atoms with E-state index in [2.05, 4.69) is 0 Å². The molecule has 1 amide bonds. The van der Waals surface area contributed by atoms with Crippen LogP contribution in [0.1, 0.15) is 35.8 Å². The first-order chi connectivity index (χ1) is 16.5. The number of hydrogen-bond acceptors (Lipinski definition) is 6. The molecule has 4 rings (SSSR count). The van der Waals surface area contributed by atoms with E-state index in [1.165, 1.54) is 0 Å². The van der Waals surface area contributed by atoms with E-state index in [4.69, 9.17) is 18.9 Å². The second-order valence-electron chi connectivity index (χ2n) is 7.64. The van der Waals surface area contributed by atoms with Crippen LogP contribution in [-0.2, 0) is 9.53 Å². The first kappa shape index (κ1) is 23.2. The molecule has 34 heavy (non-hydrogen) atoms. The van der Waals surface area contributed by atoms with Crippen molar-refractivity contribution in [3.63, 3.8) is 0 Å². The van der Waals surface area contributed by atoms with Gasteiger partial charge in [0.05, 0.1) is 25.9 Å². The average molecular weight is 462 g/mol. The Morgan fingerprint density at radius 3 is 2.03 bits per heavy atom. The van der Waals surface area contributed by atoms with Gasteiger partial charge >= 0.3 is 5.97 Å². The zero-order valence-corrected chi connectivity index (χ0v) is 19.4. The largest absolute Gasteiger partial charge is 0.497 e. The Kier molecular flexibility index (Phi) is 7.01. The second kappa shape index (κ2) is 10.3. The number of ether oxygens (including phenoxy) is 4. The molecule has 0 saturated carbocycles. The number of amides is 1. The summed E-state index contributed by atoms with van der Waals surface area (Å²) >= 11 is 0. The SMILES string of the molecule is CCOC(=O)c1ccc(N2C(=O)[C@H](Oc3ccc(OC)cc3)[C@H]2c2ccc(OCC)cc2)cc1. The van der Waals surface area contributed by atoms with Gasteiger partial charge < -0.3 is 18.9 Å². The van der Waals surface area contributed by atoms with Crippen LogP contribution in [0.4, 0.5) is 5.69 Å². The lowest BCUT2D eigenvalue weighted by Gasteiger charge is -2.46. The molecule has 0 spiro atoms. The van der Waals surface area contributed by atoms with Gasteiger partial charge in [0.1, 0.15) is 23.3 Å². The van der Waals surface area contributed by atoms with Gasteiger partial charge in [-0.05, 0) is 80.1 Å². The third-order valence-corrected chi connectivity index (χ3v) is 5.56. The molecule has 0 N–H and O–H groups in total. The Hall–Kier alpha value is -4.00. The zero-order chi connectivity index (χ0) is 24.1. The highest BCUT2D eigenvalue weighted by molar-refractivity contribution is 6.05. The molecule has 0 aliphatic carbocycles. The molecule has 1 aliphatic heterocycles. The number of methoxy groups -OCH3 is 1. The maximum absolute atomic E-state index is 13.2. The summed E-state index contributed by atoms with van der Waals surface area (Å²) in [6, 6.07) is 21.2. The summed E-state index contributed by atoms with van der Waals surface area (Å²) < 4.78 is 21.9. The smallest absolute Gasteiger partial charge is 0.338 e. The van der Waals surface area contributed by atoms with Gasteiger partial charge in [-0.15, -0.1) is 0 Å². The standard InChI is InChI=1S/C27H27NO6/c1-4-32-22-12-8-18(9-13-22)24-25(34-23-16-14-21(31-3)15-17-23)26(29)28(24)20-10-6-19(7-11-20)27(30)33-5-2/h6-17,24-25H,4-5H2,1-3H3/t24-,25-/m1/s1. The van der Waals surface area contributed by atoms with Crippen molar-refractivity contribution in [3.05, 3.63) is 83.9 Å². The lowest BCUT2D eigenvalue weighted by molar-refractivity contribution is -0.135. The number of benzene rings is 3. The molecule has 3 aromatic carbocycles. The molecule has 0 aromatic heterocycles. The predicted octanol–water partition coefficient (Wildman–Crippen LogP) is 4.81. The van der Waals surface area contributed by atoms with Crippen LogP contribution in [0.15, 0.2) is 72.8 Å². The van der Waals surface area contributed by atoms with E-state index in [0.717, 1.165) is 11.3 Å². The monoisotopic (exact) mass is 461 g/mol. The molecule has 7 nitrogen and oxygen atoms in total. The molecule has 1 fully saturated rings. The molecule has 7 heteroatoms. The van der Waals surface area contributed by atoms with E-state index < -0.39 is 12.1 Å². The Bertz CT molecular complexity index is 1130. The number of esters is 1. The lowest BCUT2D eigenvalue weighted by Crippen LogP contribution is -2.61. The summed E-state index contributed by atoms with van der Waals surface area (Å²) in [5.41, 5.74) is 2.02. The normalized spacial score (nSPS) is 17.0. The van der Waals surface area contributed by atoms with Crippen LogP contribution < -0.4 is 19.1 Å². The molecular formula is C27H27NO6. The number of anilines is 1. The fourth-order valence-electron chi connectivity index (χ4n) is 3.89. The van der Waals surface area contributed by atoms with Crippen LogP contribution >= 0.6 is 0 Å². The molecule has 2 atom stereocenters. The third-order valence-electron chi connectivity index (χ3n) is 5.56. The van der Waals surface area contributed by atoms with E-state index in [1.807, 2.05) is 31.2 Å². The van der Waals surface area contributed by atoms with Crippen molar-refractivity contribution in [1.82, 2.24) is 0 Å².